The highest BCUT2D eigenvalue weighted by Crippen LogP contribution is 2.45. The standard InChI is InChI=1S/C12H16BrNO2S/c1-16-11(15)12(5-6-12)8-14-7-4-9-2-3-10(13)17-9/h2-3,14H,4-8H2,1H3. The molecular formula is C12H16BrNO2S. The van der Waals surface area contributed by atoms with Gasteiger partial charge < -0.3 is 10.1 Å². The van der Waals surface area contributed by atoms with E-state index in [-0.39, 0.29) is 11.4 Å². The van der Waals surface area contributed by atoms with E-state index >= 15 is 0 Å². The van der Waals surface area contributed by atoms with E-state index in [0.717, 1.165) is 32.4 Å². The number of esters is 1. The Labute approximate surface area is 114 Å². The largest absolute Gasteiger partial charge is 0.469 e. The number of nitrogens with one attached hydrogen (secondary N) is 1. The number of carbonyl (C=O) groups is 1. The Morgan fingerprint density at radius 2 is 2.35 bits per heavy atom. The van der Waals surface area contributed by atoms with Crippen LogP contribution in [0.1, 0.15) is 17.7 Å². The van der Waals surface area contributed by atoms with E-state index in [1.54, 1.807) is 11.3 Å². The molecule has 5 heteroatoms. The van der Waals surface area contributed by atoms with E-state index in [1.807, 2.05) is 0 Å². The van der Waals surface area contributed by atoms with Gasteiger partial charge in [-0.15, -0.1) is 11.3 Å². The fourth-order valence-electron chi connectivity index (χ4n) is 1.85. The smallest absolute Gasteiger partial charge is 0.313 e. The molecule has 1 heterocycles. The number of thiophene rings is 1. The van der Waals surface area contributed by atoms with Crippen molar-refractivity contribution >= 4 is 33.2 Å². The van der Waals surface area contributed by atoms with Crippen LogP contribution < -0.4 is 5.32 Å². The molecular weight excluding hydrogens is 302 g/mol. The molecule has 0 saturated heterocycles. The molecule has 0 aromatic carbocycles. The summed E-state index contributed by atoms with van der Waals surface area (Å²) in [5.41, 5.74) is -0.217. The fourth-order valence-corrected chi connectivity index (χ4v) is 3.33. The molecule has 1 fully saturated rings. The second-order valence-electron chi connectivity index (χ2n) is 4.40. The Morgan fingerprint density at radius 3 is 2.88 bits per heavy atom. The molecule has 0 unspecified atom stereocenters. The Balaban J connectivity index is 1.68. The van der Waals surface area contributed by atoms with Gasteiger partial charge in [-0.1, -0.05) is 0 Å². The highest BCUT2D eigenvalue weighted by molar-refractivity contribution is 9.11. The summed E-state index contributed by atoms with van der Waals surface area (Å²) >= 11 is 5.21. The van der Waals surface area contributed by atoms with Gasteiger partial charge in [-0.3, -0.25) is 4.79 Å². The maximum Gasteiger partial charge on any atom is 0.313 e. The van der Waals surface area contributed by atoms with Crippen molar-refractivity contribution in [3.05, 3.63) is 20.8 Å². The van der Waals surface area contributed by atoms with Crippen molar-refractivity contribution in [2.24, 2.45) is 5.41 Å². The van der Waals surface area contributed by atoms with Gasteiger partial charge in [0.15, 0.2) is 0 Å². The second-order valence-corrected chi connectivity index (χ2v) is 6.95. The van der Waals surface area contributed by atoms with Crippen molar-refractivity contribution in [3.63, 3.8) is 0 Å². The Hall–Kier alpha value is -0.390. The van der Waals surface area contributed by atoms with Crippen molar-refractivity contribution in [2.45, 2.75) is 19.3 Å². The number of hydrogen-bond donors (Lipinski definition) is 1. The molecule has 2 rings (SSSR count). The van der Waals surface area contributed by atoms with E-state index in [1.165, 1.54) is 15.8 Å². The van der Waals surface area contributed by atoms with E-state index in [9.17, 15) is 4.79 Å². The summed E-state index contributed by atoms with van der Waals surface area (Å²) in [6.45, 7) is 1.65. The van der Waals surface area contributed by atoms with Crippen molar-refractivity contribution in [1.82, 2.24) is 5.32 Å². The van der Waals surface area contributed by atoms with Crippen molar-refractivity contribution < 1.29 is 9.53 Å². The molecule has 1 aliphatic rings. The lowest BCUT2D eigenvalue weighted by Crippen LogP contribution is -2.32. The third-order valence-corrected chi connectivity index (χ3v) is 4.80. The highest BCUT2D eigenvalue weighted by atomic mass is 79.9. The van der Waals surface area contributed by atoms with Gasteiger partial charge in [0.25, 0.3) is 0 Å². The van der Waals surface area contributed by atoms with Crippen LogP contribution in [0.2, 0.25) is 0 Å². The van der Waals surface area contributed by atoms with Gasteiger partial charge in [-0.05, 0) is 53.9 Å². The van der Waals surface area contributed by atoms with Crippen molar-refractivity contribution in [2.75, 3.05) is 20.2 Å². The summed E-state index contributed by atoms with van der Waals surface area (Å²) < 4.78 is 5.98. The lowest BCUT2D eigenvalue weighted by Gasteiger charge is -2.12. The van der Waals surface area contributed by atoms with Crippen LogP contribution in [0.4, 0.5) is 0 Å². The molecule has 1 aliphatic carbocycles. The zero-order chi connectivity index (χ0) is 12.3. The number of halogens is 1. The van der Waals surface area contributed by atoms with Crippen LogP contribution in [0.25, 0.3) is 0 Å². The molecule has 0 radical (unpaired) electrons. The molecule has 0 atom stereocenters. The quantitative estimate of drug-likeness (QED) is 0.647. The molecule has 3 nitrogen and oxygen atoms in total. The molecule has 1 N–H and O–H groups in total. The molecule has 1 aromatic heterocycles. The SMILES string of the molecule is COC(=O)C1(CNCCc2ccc(Br)s2)CC1. The third-order valence-electron chi connectivity index (χ3n) is 3.11. The number of rotatable bonds is 6. The van der Waals surface area contributed by atoms with Crippen LogP contribution in [-0.2, 0) is 16.0 Å². The van der Waals surface area contributed by atoms with Crippen LogP contribution in [-0.4, -0.2) is 26.2 Å². The van der Waals surface area contributed by atoms with Gasteiger partial charge in [-0.25, -0.2) is 0 Å². The molecule has 0 spiro atoms. The zero-order valence-corrected chi connectivity index (χ0v) is 12.2. The molecule has 1 saturated carbocycles. The Morgan fingerprint density at radius 1 is 1.59 bits per heavy atom. The lowest BCUT2D eigenvalue weighted by molar-refractivity contribution is -0.146. The summed E-state index contributed by atoms with van der Waals surface area (Å²) in [4.78, 5) is 12.9. The maximum absolute atomic E-state index is 11.5. The average Bonchev–Trinajstić information content (AvgIpc) is 3.01. The van der Waals surface area contributed by atoms with Crippen LogP contribution in [0.3, 0.4) is 0 Å². The number of ether oxygens (including phenoxy) is 1. The zero-order valence-electron chi connectivity index (χ0n) is 9.79. The van der Waals surface area contributed by atoms with E-state index in [0.29, 0.717) is 0 Å². The van der Waals surface area contributed by atoms with Gasteiger partial charge in [0, 0.05) is 11.4 Å². The van der Waals surface area contributed by atoms with E-state index in [4.69, 9.17) is 4.74 Å². The number of carbonyl (C=O) groups excluding carboxylic acids is 1. The molecule has 17 heavy (non-hydrogen) atoms. The van der Waals surface area contributed by atoms with E-state index < -0.39 is 0 Å². The second kappa shape index (κ2) is 5.50. The molecule has 0 amide bonds. The van der Waals surface area contributed by atoms with Crippen LogP contribution >= 0.6 is 27.3 Å². The first-order chi connectivity index (χ1) is 8.16. The maximum atomic E-state index is 11.5. The molecule has 1 aromatic rings. The summed E-state index contributed by atoms with van der Waals surface area (Å²) in [5.74, 6) is -0.0659. The molecule has 0 aliphatic heterocycles. The minimum atomic E-state index is -0.217. The van der Waals surface area contributed by atoms with Crippen molar-refractivity contribution in [3.8, 4) is 0 Å². The molecule has 0 bridgehead atoms. The first kappa shape index (κ1) is 13.1. The van der Waals surface area contributed by atoms with Crippen LogP contribution in [0, 0.1) is 5.41 Å². The third kappa shape index (κ3) is 3.30. The van der Waals surface area contributed by atoms with Crippen molar-refractivity contribution in [1.29, 1.82) is 0 Å². The first-order valence-corrected chi connectivity index (χ1v) is 7.31. The van der Waals surface area contributed by atoms with Gasteiger partial charge in [0.05, 0.1) is 16.3 Å². The lowest BCUT2D eigenvalue weighted by atomic mass is 10.1. The molecule has 94 valence electrons. The van der Waals surface area contributed by atoms with Crippen LogP contribution in [0.15, 0.2) is 15.9 Å². The summed E-state index contributed by atoms with van der Waals surface area (Å²) in [5, 5.41) is 3.35. The first-order valence-electron chi connectivity index (χ1n) is 5.70. The predicted molar refractivity (Wildman–Crippen MR) is 72.3 cm³/mol. The number of methoxy groups -OCH3 is 1. The van der Waals surface area contributed by atoms with Gasteiger partial charge >= 0.3 is 5.97 Å². The number of hydrogen-bond acceptors (Lipinski definition) is 4. The minimum absolute atomic E-state index is 0.0659. The predicted octanol–water partition coefficient (Wildman–Crippen LogP) is 2.60. The van der Waals surface area contributed by atoms with Gasteiger partial charge in [0.1, 0.15) is 0 Å². The fraction of sp³-hybridized carbons (Fsp3) is 0.583. The monoisotopic (exact) mass is 317 g/mol. The Bertz CT molecular complexity index is 401. The summed E-state index contributed by atoms with van der Waals surface area (Å²) in [6.07, 6.45) is 2.92. The van der Waals surface area contributed by atoms with Gasteiger partial charge in [0.2, 0.25) is 0 Å². The summed E-state index contributed by atoms with van der Waals surface area (Å²) in [7, 11) is 1.46. The minimum Gasteiger partial charge on any atom is -0.469 e. The normalized spacial score (nSPS) is 16.8. The topological polar surface area (TPSA) is 38.3 Å². The Kier molecular flexibility index (Phi) is 4.22. The average molecular weight is 318 g/mol. The highest BCUT2D eigenvalue weighted by Gasteiger charge is 2.50. The van der Waals surface area contributed by atoms with Gasteiger partial charge in [-0.2, -0.15) is 0 Å². The van der Waals surface area contributed by atoms with E-state index in [2.05, 4.69) is 33.4 Å². The van der Waals surface area contributed by atoms with Crippen LogP contribution in [0.5, 0.6) is 0 Å². The summed E-state index contributed by atoms with van der Waals surface area (Å²) in [6, 6.07) is 4.19.